The van der Waals surface area contributed by atoms with Crippen molar-refractivity contribution in [1.82, 2.24) is 14.3 Å². The molecule has 3 aliphatic carbocycles. The van der Waals surface area contributed by atoms with E-state index in [-0.39, 0.29) is 23.1 Å². The number of halogens is 1. The fourth-order valence-electron chi connectivity index (χ4n) is 4.33. The van der Waals surface area contributed by atoms with Gasteiger partial charge in [-0.1, -0.05) is 12.1 Å². The van der Waals surface area contributed by atoms with E-state index >= 15 is 0 Å². The van der Waals surface area contributed by atoms with Crippen LogP contribution in [0.25, 0.3) is 0 Å². The summed E-state index contributed by atoms with van der Waals surface area (Å²) in [5.41, 5.74) is 0.883. The maximum absolute atomic E-state index is 13.5. The van der Waals surface area contributed by atoms with Crippen LogP contribution in [0.3, 0.4) is 0 Å². The van der Waals surface area contributed by atoms with Gasteiger partial charge < -0.3 is 0 Å². The van der Waals surface area contributed by atoms with Crippen molar-refractivity contribution in [2.45, 2.75) is 43.7 Å². The lowest BCUT2D eigenvalue weighted by Gasteiger charge is -2.60. The van der Waals surface area contributed by atoms with Gasteiger partial charge in [0.15, 0.2) is 0 Å². The topological polar surface area (TPSA) is 39.8 Å². The highest BCUT2D eigenvalue weighted by Crippen LogP contribution is 2.61. The molecular weight excluding hydrogens is 269 g/mol. The molecule has 0 unspecified atom stereocenters. The standard InChI is InChI=1S/C16H16FN3O/c17-12-3-1-2-11(6-12)13-4-5-14-18-20(15(21)19(13)14)16-7-10(8-16)9-16/h1-3,6,10,13H,4-5,7-9H2/t10?,13-,16?/m0/s1. The van der Waals surface area contributed by atoms with E-state index in [4.69, 9.17) is 0 Å². The molecule has 4 nitrogen and oxygen atoms in total. The number of hydrogen-bond acceptors (Lipinski definition) is 2. The summed E-state index contributed by atoms with van der Waals surface area (Å²) in [6, 6.07) is 6.51. The van der Waals surface area contributed by atoms with E-state index in [1.165, 1.54) is 12.1 Å². The molecule has 2 heterocycles. The zero-order chi connectivity index (χ0) is 14.2. The van der Waals surface area contributed by atoms with Crippen molar-refractivity contribution in [3.63, 3.8) is 0 Å². The molecule has 4 aliphatic rings. The number of aryl methyl sites for hydroxylation is 1. The Labute approximate surface area is 121 Å². The number of fused-ring (bicyclic) bond motifs is 1. The highest BCUT2D eigenvalue weighted by atomic mass is 19.1. The first-order chi connectivity index (χ1) is 10.2. The van der Waals surface area contributed by atoms with Gasteiger partial charge in [0.05, 0.1) is 11.6 Å². The Balaban J connectivity index is 1.61. The summed E-state index contributed by atoms with van der Waals surface area (Å²) in [6.45, 7) is 0. The molecule has 0 radical (unpaired) electrons. The highest BCUT2D eigenvalue weighted by molar-refractivity contribution is 5.24. The zero-order valence-electron chi connectivity index (χ0n) is 11.6. The van der Waals surface area contributed by atoms with Gasteiger partial charge in [-0.3, -0.25) is 4.57 Å². The van der Waals surface area contributed by atoms with Crippen LogP contribution in [-0.4, -0.2) is 14.3 Å². The van der Waals surface area contributed by atoms with Gasteiger partial charge >= 0.3 is 5.69 Å². The number of aromatic nitrogens is 3. The molecule has 0 N–H and O–H groups in total. The minimum absolute atomic E-state index is 0.00471. The van der Waals surface area contributed by atoms with Gasteiger partial charge in [-0.05, 0) is 49.3 Å². The normalized spacial score (nSPS) is 32.4. The average Bonchev–Trinajstić information content (AvgIpc) is 2.88. The van der Waals surface area contributed by atoms with Gasteiger partial charge in [0, 0.05) is 6.42 Å². The molecule has 3 fully saturated rings. The highest BCUT2D eigenvalue weighted by Gasteiger charge is 2.60. The first-order valence-corrected chi connectivity index (χ1v) is 7.63. The molecule has 0 saturated heterocycles. The summed E-state index contributed by atoms with van der Waals surface area (Å²) < 4.78 is 17.0. The van der Waals surface area contributed by atoms with Crippen LogP contribution in [0.1, 0.15) is 43.1 Å². The third-order valence-corrected chi connectivity index (χ3v) is 5.52. The minimum atomic E-state index is -0.249. The Morgan fingerprint density at radius 2 is 2.10 bits per heavy atom. The summed E-state index contributed by atoms with van der Waals surface area (Å²) in [6.07, 6.45) is 4.94. The molecule has 21 heavy (non-hydrogen) atoms. The molecule has 108 valence electrons. The van der Waals surface area contributed by atoms with Crippen LogP contribution in [0.15, 0.2) is 29.1 Å². The van der Waals surface area contributed by atoms with Crippen molar-refractivity contribution in [2.75, 3.05) is 0 Å². The van der Waals surface area contributed by atoms with Crippen LogP contribution in [-0.2, 0) is 12.0 Å². The van der Waals surface area contributed by atoms with E-state index in [1.54, 1.807) is 15.3 Å². The molecule has 6 rings (SSSR count). The monoisotopic (exact) mass is 285 g/mol. The van der Waals surface area contributed by atoms with Crippen molar-refractivity contribution in [3.8, 4) is 0 Å². The number of nitrogens with zero attached hydrogens (tertiary/aromatic N) is 3. The second kappa shape index (κ2) is 3.64. The van der Waals surface area contributed by atoms with E-state index in [2.05, 4.69) is 5.10 Å². The van der Waals surface area contributed by atoms with Crippen molar-refractivity contribution >= 4 is 0 Å². The van der Waals surface area contributed by atoms with Gasteiger partial charge in [-0.2, -0.15) is 5.10 Å². The Hall–Kier alpha value is -1.91. The molecule has 1 aromatic carbocycles. The van der Waals surface area contributed by atoms with Gasteiger partial charge in [-0.15, -0.1) is 0 Å². The Bertz CT molecular complexity index is 789. The summed E-state index contributed by atoms with van der Waals surface area (Å²) in [5, 5.41) is 4.59. The average molecular weight is 285 g/mol. The Morgan fingerprint density at radius 3 is 2.76 bits per heavy atom. The van der Waals surface area contributed by atoms with E-state index in [0.717, 1.165) is 49.4 Å². The minimum Gasteiger partial charge on any atom is -0.271 e. The van der Waals surface area contributed by atoms with E-state index < -0.39 is 0 Å². The Morgan fingerprint density at radius 1 is 1.29 bits per heavy atom. The fraction of sp³-hybridized carbons (Fsp3) is 0.500. The quantitative estimate of drug-likeness (QED) is 0.849. The van der Waals surface area contributed by atoms with Gasteiger partial charge in [0.1, 0.15) is 11.6 Å². The molecule has 2 bridgehead atoms. The van der Waals surface area contributed by atoms with Gasteiger partial charge in [0.2, 0.25) is 0 Å². The first kappa shape index (κ1) is 11.7. The molecule has 1 aliphatic heterocycles. The lowest BCUT2D eigenvalue weighted by molar-refractivity contribution is -0.101. The predicted molar refractivity (Wildman–Crippen MR) is 74.7 cm³/mol. The molecule has 1 atom stereocenters. The van der Waals surface area contributed by atoms with Crippen molar-refractivity contribution in [2.24, 2.45) is 5.92 Å². The van der Waals surface area contributed by atoms with Crippen molar-refractivity contribution in [3.05, 3.63) is 52.0 Å². The van der Waals surface area contributed by atoms with Crippen molar-refractivity contribution in [1.29, 1.82) is 0 Å². The lowest BCUT2D eigenvalue weighted by Crippen LogP contribution is -2.62. The first-order valence-electron chi connectivity index (χ1n) is 7.63. The second-order valence-corrected chi connectivity index (χ2v) is 6.79. The maximum atomic E-state index is 13.5. The van der Waals surface area contributed by atoms with Crippen LogP contribution < -0.4 is 5.69 Å². The van der Waals surface area contributed by atoms with E-state index in [1.807, 2.05) is 6.07 Å². The molecule has 5 heteroatoms. The smallest absolute Gasteiger partial charge is 0.271 e. The third-order valence-electron chi connectivity index (χ3n) is 5.52. The molecule has 1 aromatic heterocycles. The van der Waals surface area contributed by atoms with Crippen LogP contribution in [0, 0.1) is 11.7 Å². The largest absolute Gasteiger partial charge is 0.347 e. The van der Waals surface area contributed by atoms with Gasteiger partial charge in [0.25, 0.3) is 0 Å². The Kier molecular flexibility index (Phi) is 2.03. The number of rotatable bonds is 2. The fourth-order valence-corrected chi connectivity index (χ4v) is 4.33. The van der Waals surface area contributed by atoms with E-state index in [9.17, 15) is 9.18 Å². The SMILES string of the molecule is O=c1n(C23CC(C2)C3)nc2n1[C@H](c1cccc(F)c1)CC2. The predicted octanol–water partition coefficient (Wildman–Crippen LogP) is 2.23. The zero-order valence-corrected chi connectivity index (χ0v) is 11.6. The van der Waals surface area contributed by atoms with Crippen LogP contribution in [0.2, 0.25) is 0 Å². The third kappa shape index (κ3) is 1.39. The van der Waals surface area contributed by atoms with Crippen molar-refractivity contribution < 1.29 is 4.39 Å². The van der Waals surface area contributed by atoms with Crippen LogP contribution in [0.5, 0.6) is 0 Å². The molecule has 0 spiro atoms. The molecule has 3 saturated carbocycles. The maximum Gasteiger partial charge on any atom is 0.347 e. The number of hydrogen-bond donors (Lipinski definition) is 0. The summed E-state index contributed by atoms with van der Waals surface area (Å²) in [4.78, 5) is 12.8. The van der Waals surface area contributed by atoms with Crippen LogP contribution >= 0.6 is 0 Å². The molecule has 2 aromatic rings. The van der Waals surface area contributed by atoms with Crippen LogP contribution in [0.4, 0.5) is 4.39 Å². The summed E-state index contributed by atoms with van der Waals surface area (Å²) in [7, 11) is 0. The molecular formula is C16H16FN3O. The second-order valence-electron chi connectivity index (χ2n) is 6.79. The summed E-state index contributed by atoms with van der Waals surface area (Å²) in [5.74, 6) is 1.42. The van der Waals surface area contributed by atoms with E-state index in [0.29, 0.717) is 0 Å². The summed E-state index contributed by atoms with van der Waals surface area (Å²) >= 11 is 0. The molecule has 0 amide bonds. The lowest BCUT2D eigenvalue weighted by atomic mass is 9.50. The number of benzene rings is 1. The van der Waals surface area contributed by atoms with Gasteiger partial charge in [-0.25, -0.2) is 13.9 Å².